The summed E-state index contributed by atoms with van der Waals surface area (Å²) in [7, 11) is 0. The molecule has 0 radical (unpaired) electrons. The van der Waals surface area contributed by atoms with Gasteiger partial charge < -0.3 is 19.5 Å². The molecule has 0 unspecified atom stereocenters. The number of carbonyl (C=O) groups excluding carboxylic acids is 1. The number of aromatic nitrogens is 3. The number of H-pyrrole nitrogens is 1. The van der Waals surface area contributed by atoms with Crippen LogP contribution in [0.1, 0.15) is 16.1 Å². The van der Waals surface area contributed by atoms with Gasteiger partial charge in [0.05, 0.1) is 23.7 Å². The van der Waals surface area contributed by atoms with Crippen molar-refractivity contribution in [3.05, 3.63) is 47.7 Å². The van der Waals surface area contributed by atoms with Crippen molar-refractivity contribution in [3.63, 3.8) is 0 Å². The first-order valence-electron chi connectivity index (χ1n) is 6.07. The number of imidazole rings is 1. The van der Waals surface area contributed by atoms with Crippen molar-refractivity contribution < 1.29 is 39.5 Å². The Hall–Kier alpha value is -1.21. The maximum Gasteiger partial charge on any atom is 1.00 e. The van der Waals surface area contributed by atoms with E-state index in [1.807, 2.05) is 41.2 Å². The van der Waals surface area contributed by atoms with Gasteiger partial charge in [-0.05, 0) is 17.9 Å². The summed E-state index contributed by atoms with van der Waals surface area (Å²) in [6.07, 6.45) is 1.95. The van der Waals surface area contributed by atoms with E-state index in [0.717, 1.165) is 16.2 Å². The van der Waals surface area contributed by atoms with E-state index in [0.29, 0.717) is 12.2 Å². The maximum absolute atomic E-state index is 10.9. The molecule has 0 saturated carbocycles. The van der Waals surface area contributed by atoms with E-state index in [1.165, 1.54) is 11.8 Å². The Balaban J connectivity index is 0.00000161. The third kappa shape index (κ3) is 3.18. The summed E-state index contributed by atoms with van der Waals surface area (Å²) in [6, 6.07) is 11.6. The molecular weight excluding hydrogens is 297 g/mol. The average molecular weight is 309 g/mol. The molecule has 0 amide bonds. The number of nitrogens with one attached hydrogen (secondary N) is 1. The largest absolute Gasteiger partial charge is 1.00 e. The summed E-state index contributed by atoms with van der Waals surface area (Å²) >= 11 is 1.53. The smallest absolute Gasteiger partial charge is 0.543 e. The zero-order valence-corrected chi connectivity index (χ0v) is 14.6. The standard InChI is InChI=1S/C14H13N3O2S.Na/c1-20-14-16-12-11(7-10(15-12)13(18)19)17(14)8-9-5-3-2-4-6-9;/h2-7,15H,8H2,1H3,(H,18,19);/q;+1/p-1. The van der Waals surface area contributed by atoms with Crippen LogP contribution in [0.2, 0.25) is 0 Å². The molecule has 0 spiro atoms. The summed E-state index contributed by atoms with van der Waals surface area (Å²) in [5.41, 5.74) is 2.54. The zero-order chi connectivity index (χ0) is 14.1. The van der Waals surface area contributed by atoms with Gasteiger partial charge in [0.25, 0.3) is 0 Å². The molecule has 0 fully saturated rings. The van der Waals surface area contributed by atoms with Crippen molar-refractivity contribution in [2.45, 2.75) is 11.7 Å². The van der Waals surface area contributed by atoms with Gasteiger partial charge in [-0.1, -0.05) is 42.1 Å². The fourth-order valence-corrected chi connectivity index (χ4v) is 2.73. The molecule has 2 aromatic heterocycles. The van der Waals surface area contributed by atoms with Crippen molar-refractivity contribution in [3.8, 4) is 0 Å². The summed E-state index contributed by atoms with van der Waals surface area (Å²) in [5, 5.41) is 11.8. The molecular formula is C14H12N3NaO2S. The predicted octanol–water partition coefficient (Wildman–Crippen LogP) is -1.50. The monoisotopic (exact) mass is 309 g/mol. The second kappa shape index (κ2) is 6.70. The molecule has 3 rings (SSSR count). The Bertz CT molecular complexity index is 767. The minimum Gasteiger partial charge on any atom is -0.543 e. The molecule has 0 atom stereocenters. The first-order chi connectivity index (χ1) is 9.69. The van der Waals surface area contributed by atoms with Crippen molar-refractivity contribution in [2.75, 3.05) is 6.26 Å². The quantitative estimate of drug-likeness (QED) is 0.470. The number of thioether (sulfide) groups is 1. The average Bonchev–Trinajstić information content (AvgIpc) is 2.99. The van der Waals surface area contributed by atoms with Crippen LogP contribution in [0.4, 0.5) is 0 Å². The number of rotatable bonds is 4. The third-order valence-corrected chi connectivity index (χ3v) is 3.77. The molecule has 0 aliphatic heterocycles. The van der Waals surface area contributed by atoms with Gasteiger partial charge in [0, 0.05) is 0 Å². The van der Waals surface area contributed by atoms with Crippen LogP contribution in [-0.2, 0) is 6.54 Å². The summed E-state index contributed by atoms with van der Waals surface area (Å²) in [4.78, 5) is 18.1. The molecule has 21 heavy (non-hydrogen) atoms. The number of hydrogen-bond acceptors (Lipinski definition) is 4. The van der Waals surface area contributed by atoms with Crippen molar-refractivity contribution in [1.29, 1.82) is 0 Å². The molecule has 3 aromatic rings. The Morgan fingerprint density at radius 2 is 2.10 bits per heavy atom. The van der Waals surface area contributed by atoms with E-state index in [1.54, 1.807) is 6.07 Å². The van der Waals surface area contributed by atoms with Gasteiger partial charge in [0.2, 0.25) is 0 Å². The van der Waals surface area contributed by atoms with Crippen LogP contribution in [0.5, 0.6) is 0 Å². The summed E-state index contributed by atoms with van der Waals surface area (Å²) in [5.74, 6) is -1.22. The Kier molecular flexibility index (Phi) is 5.16. The Morgan fingerprint density at radius 3 is 2.71 bits per heavy atom. The minimum atomic E-state index is -1.22. The predicted molar refractivity (Wildman–Crippen MR) is 75.7 cm³/mol. The van der Waals surface area contributed by atoms with E-state index in [9.17, 15) is 9.90 Å². The summed E-state index contributed by atoms with van der Waals surface area (Å²) < 4.78 is 2.00. The third-order valence-electron chi connectivity index (χ3n) is 3.09. The number of hydrogen-bond donors (Lipinski definition) is 1. The van der Waals surface area contributed by atoms with Gasteiger partial charge in [0.15, 0.2) is 10.8 Å². The van der Waals surface area contributed by atoms with E-state index in [4.69, 9.17) is 0 Å². The molecule has 0 saturated heterocycles. The second-order valence-electron chi connectivity index (χ2n) is 4.37. The van der Waals surface area contributed by atoms with Crippen LogP contribution in [-0.4, -0.2) is 26.8 Å². The fraction of sp³-hybridized carbons (Fsp3) is 0.143. The SMILES string of the molecule is CSc1nc2[nH]c(C(=O)[O-])cc2n1Cc1ccccc1.[Na+]. The van der Waals surface area contributed by atoms with Crippen LogP contribution in [0.3, 0.4) is 0 Å². The number of carboxylic acids is 1. The molecule has 0 aliphatic carbocycles. The number of aromatic amines is 1. The van der Waals surface area contributed by atoms with E-state index in [2.05, 4.69) is 9.97 Å². The number of benzene rings is 1. The second-order valence-corrected chi connectivity index (χ2v) is 5.15. The first kappa shape index (κ1) is 16.2. The van der Waals surface area contributed by atoms with Gasteiger partial charge >= 0.3 is 29.6 Å². The minimum absolute atomic E-state index is 0. The Morgan fingerprint density at radius 1 is 1.38 bits per heavy atom. The van der Waals surface area contributed by atoms with E-state index < -0.39 is 5.97 Å². The first-order valence-corrected chi connectivity index (χ1v) is 7.30. The van der Waals surface area contributed by atoms with Gasteiger partial charge in [-0.25, -0.2) is 4.98 Å². The number of nitrogens with zero attached hydrogens (tertiary/aromatic N) is 2. The fourth-order valence-electron chi connectivity index (χ4n) is 2.17. The number of carbonyl (C=O) groups is 1. The topological polar surface area (TPSA) is 73.7 Å². The van der Waals surface area contributed by atoms with Crippen LogP contribution >= 0.6 is 11.8 Å². The molecule has 7 heteroatoms. The van der Waals surface area contributed by atoms with Gasteiger partial charge in [-0.15, -0.1) is 0 Å². The molecule has 5 nitrogen and oxygen atoms in total. The number of aromatic carboxylic acids is 1. The Labute approximate surface area is 148 Å². The van der Waals surface area contributed by atoms with E-state index in [-0.39, 0.29) is 35.3 Å². The van der Waals surface area contributed by atoms with Gasteiger partial charge in [-0.3, -0.25) is 0 Å². The van der Waals surface area contributed by atoms with E-state index >= 15 is 0 Å². The molecule has 1 aromatic carbocycles. The summed E-state index contributed by atoms with van der Waals surface area (Å²) in [6.45, 7) is 0.651. The van der Waals surface area contributed by atoms with Gasteiger partial charge in [-0.2, -0.15) is 0 Å². The normalized spacial score (nSPS) is 10.5. The molecule has 0 bridgehead atoms. The van der Waals surface area contributed by atoms with Crippen LogP contribution < -0.4 is 34.7 Å². The molecule has 2 heterocycles. The maximum atomic E-state index is 10.9. The molecule has 0 aliphatic rings. The zero-order valence-electron chi connectivity index (χ0n) is 11.8. The van der Waals surface area contributed by atoms with Crippen LogP contribution in [0.25, 0.3) is 11.2 Å². The van der Waals surface area contributed by atoms with Gasteiger partial charge in [0.1, 0.15) is 0 Å². The van der Waals surface area contributed by atoms with Crippen molar-refractivity contribution in [1.82, 2.24) is 14.5 Å². The number of carboxylic acid groups (broad SMARTS) is 1. The van der Waals surface area contributed by atoms with Crippen LogP contribution in [0, 0.1) is 0 Å². The number of fused-ring (bicyclic) bond motifs is 1. The molecule has 102 valence electrons. The van der Waals surface area contributed by atoms with Crippen molar-refractivity contribution >= 4 is 28.9 Å². The molecule has 1 N–H and O–H groups in total. The van der Waals surface area contributed by atoms with Crippen LogP contribution in [0.15, 0.2) is 41.6 Å². The van der Waals surface area contributed by atoms with Crippen molar-refractivity contribution in [2.24, 2.45) is 0 Å².